The van der Waals surface area contributed by atoms with E-state index in [4.69, 9.17) is 0 Å². The zero-order valence-corrected chi connectivity index (χ0v) is 16.5. The van der Waals surface area contributed by atoms with Gasteiger partial charge in [-0.1, -0.05) is 42.5 Å². The zero-order valence-electron chi connectivity index (χ0n) is 16.5. The predicted molar refractivity (Wildman–Crippen MR) is 111 cm³/mol. The van der Waals surface area contributed by atoms with Crippen LogP contribution in [0, 0.1) is 5.92 Å². The second kappa shape index (κ2) is 8.07. The molecular formula is C23H25N3O3. The van der Waals surface area contributed by atoms with Crippen molar-refractivity contribution in [1.82, 2.24) is 14.9 Å². The summed E-state index contributed by atoms with van der Waals surface area (Å²) in [5.74, 6) is -2.02. The van der Waals surface area contributed by atoms with E-state index in [-0.39, 0.29) is 18.4 Å². The molecule has 3 aromatic rings. The Hall–Kier alpha value is -3.15. The molecule has 2 N–H and O–H groups in total. The number of hydrogen-bond acceptors (Lipinski definition) is 3. The number of nitrogens with one attached hydrogen (secondary N) is 1. The van der Waals surface area contributed by atoms with E-state index in [1.807, 2.05) is 54.1 Å². The molecule has 2 atom stereocenters. The van der Waals surface area contributed by atoms with Crippen molar-refractivity contribution in [3.05, 3.63) is 65.7 Å². The molecule has 1 heterocycles. The molecule has 0 aliphatic heterocycles. The van der Waals surface area contributed by atoms with Crippen LogP contribution in [0.1, 0.15) is 35.7 Å². The minimum atomic E-state index is -0.902. The van der Waals surface area contributed by atoms with Crippen LogP contribution < -0.4 is 5.32 Å². The van der Waals surface area contributed by atoms with Crippen LogP contribution >= 0.6 is 0 Å². The van der Waals surface area contributed by atoms with Crippen molar-refractivity contribution in [2.45, 2.75) is 31.6 Å². The molecule has 0 spiro atoms. The van der Waals surface area contributed by atoms with Gasteiger partial charge in [0, 0.05) is 19.3 Å². The molecule has 2 unspecified atom stereocenters. The van der Waals surface area contributed by atoms with E-state index < -0.39 is 11.9 Å². The van der Waals surface area contributed by atoms with Crippen molar-refractivity contribution in [3.63, 3.8) is 0 Å². The summed E-state index contributed by atoms with van der Waals surface area (Å²) in [6.45, 7) is 0.107. The molecule has 0 fully saturated rings. The summed E-state index contributed by atoms with van der Waals surface area (Å²) in [6.07, 6.45) is 4.72. The minimum absolute atomic E-state index is 0.107. The summed E-state index contributed by atoms with van der Waals surface area (Å²) in [4.78, 5) is 29.1. The van der Waals surface area contributed by atoms with Crippen LogP contribution in [0.5, 0.6) is 0 Å². The standard InChI is InChI=1S/C23H25N3O3/c1-26-14-25-21-19(10-5-11-20(21)26)22(27)24-13-17(23(28)29)12-16-8-4-7-15-6-2-3-9-18(15)16/h2-4,6-9,14,17,19H,5,10-13H2,1H3,(H,24,27)(H,28,29). The lowest BCUT2D eigenvalue weighted by atomic mass is 9.88. The van der Waals surface area contributed by atoms with Crippen LogP contribution in [0.4, 0.5) is 0 Å². The van der Waals surface area contributed by atoms with Crippen molar-refractivity contribution in [2.75, 3.05) is 6.54 Å². The first-order chi connectivity index (χ1) is 14.0. The fourth-order valence-electron chi connectivity index (χ4n) is 4.26. The van der Waals surface area contributed by atoms with Gasteiger partial charge < -0.3 is 15.0 Å². The number of fused-ring (bicyclic) bond motifs is 2. The van der Waals surface area contributed by atoms with E-state index in [0.717, 1.165) is 47.0 Å². The Morgan fingerprint density at radius 3 is 2.86 bits per heavy atom. The van der Waals surface area contributed by atoms with Crippen LogP contribution in [0.3, 0.4) is 0 Å². The van der Waals surface area contributed by atoms with Crippen molar-refractivity contribution in [1.29, 1.82) is 0 Å². The maximum atomic E-state index is 12.8. The fraction of sp³-hybridized carbons (Fsp3) is 0.348. The lowest BCUT2D eigenvalue weighted by molar-refractivity contribution is -0.141. The second-order valence-electron chi connectivity index (χ2n) is 7.75. The average Bonchev–Trinajstić information content (AvgIpc) is 3.12. The smallest absolute Gasteiger partial charge is 0.308 e. The van der Waals surface area contributed by atoms with E-state index in [0.29, 0.717) is 6.42 Å². The molecular weight excluding hydrogens is 366 g/mol. The molecule has 1 amide bonds. The highest BCUT2D eigenvalue weighted by molar-refractivity contribution is 5.87. The van der Waals surface area contributed by atoms with Gasteiger partial charge in [-0.2, -0.15) is 0 Å². The van der Waals surface area contributed by atoms with E-state index >= 15 is 0 Å². The van der Waals surface area contributed by atoms with Gasteiger partial charge in [0.2, 0.25) is 5.91 Å². The zero-order chi connectivity index (χ0) is 20.4. The third kappa shape index (κ3) is 3.88. The van der Waals surface area contributed by atoms with Gasteiger partial charge in [0.1, 0.15) is 0 Å². The van der Waals surface area contributed by atoms with Gasteiger partial charge in [0.15, 0.2) is 0 Å². The summed E-state index contributed by atoms with van der Waals surface area (Å²) in [7, 11) is 1.94. The number of nitrogens with zero attached hydrogens (tertiary/aromatic N) is 2. The molecule has 1 aromatic heterocycles. The number of amides is 1. The number of hydrogen-bond donors (Lipinski definition) is 2. The van der Waals surface area contributed by atoms with Crippen molar-refractivity contribution in [3.8, 4) is 0 Å². The Morgan fingerprint density at radius 2 is 2.03 bits per heavy atom. The van der Waals surface area contributed by atoms with E-state index in [2.05, 4.69) is 10.3 Å². The lowest BCUT2D eigenvalue weighted by Gasteiger charge is -2.22. The third-order valence-corrected chi connectivity index (χ3v) is 5.86. The number of aliphatic carboxylic acids is 1. The van der Waals surface area contributed by atoms with Crippen LogP contribution in [-0.2, 0) is 29.5 Å². The Bertz CT molecular complexity index is 1050. The first kappa shape index (κ1) is 19.2. The highest BCUT2D eigenvalue weighted by Gasteiger charge is 2.30. The highest BCUT2D eigenvalue weighted by atomic mass is 16.4. The monoisotopic (exact) mass is 391 g/mol. The molecule has 0 radical (unpaired) electrons. The number of aryl methyl sites for hydroxylation is 1. The largest absolute Gasteiger partial charge is 0.481 e. The summed E-state index contributed by atoms with van der Waals surface area (Å²) < 4.78 is 1.97. The normalized spacial score (nSPS) is 16.9. The predicted octanol–water partition coefficient (Wildman–Crippen LogP) is 3.05. The van der Waals surface area contributed by atoms with Gasteiger partial charge in [0.05, 0.1) is 23.9 Å². The summed E-state index contributed by atoms with van der Waals surface area (Å²) in [5.41, 5.74) is 2.91. The van der Waals surface area contributed by atoms with Crippen molar-refractivity contribution >= 4 is 22.6 Å². The molecule has 2 aromatic carbocycles. The highest BCUT2D eigenvalue weighted by Crippen LogP contribution is 2.30. The molecule has 1 aliphatic carbocycles. The molecule has 150 valence electrons. The van der Waals surface area contributed by atoms with Crippen molar-refractivity contribution in [2.24, 2.45) is 13.0 Å². The number of aromatic nitrogens is 2. The van der Waals surface area contributed by atoms with Gasteiger partial charge >= 0.3 is 5.97 Å². The van der Waals surface area contributed by atoms with Gasteiger partial charge in [-0.25, -0.2) is 4.98 Å². The van der Waals surface area contributed by atoms with E-state index in [1.54, 1.807) is 6.33 Å². The van der Waals surface area contributed by atoms with Crippen molar-refractivity contribution < 1.29 is 14.7 Å². The Morgan fingerprint density at radius 1 is 1.24 bits per heavy atom. The number of carbonyl (C=O) groups is 2. The van der Waals surface area contributed by atoms with Gasteiger partial charge in [-0.15, -0.1) is 0 Å². The molecule has 4 rings (SSSR count). The number of imidazole rings is 1. The van der Waals surface area contributed by atoms with Crippen LogP contribution in [-0.4, -0.2) is 33.1 Å². The maximum Gasteiger partial charge on any atom is 0.308 e. The molecule has 0 saturated heterocycles. The number of carboxylic acids is 1. The maximum absolute atomic E-state index is 12.8. The third-order valence-electron chi connectivity index (χ3n) is 5.86. The SMILES string of the molecule is Cn1cnc2c1CCCC2C(=O)NCC(Cc1cccc2ccccc12)C(=O)O. The summed E-state index contributed by atoms with van der Waals surface area (Å²) in [5, 5.41) is 14.7. The second-order valence-corrected chi connectivity index (χ2v) is 7.75. The van der Waals surface area contributed by atoms with Gasteiger partial charge in [0.25, 0.3) is 0 Å². The molecule has 0 bridgehead atoms. The van der Waals surface area contributed by atoms with Crippen LogP contribution in [0.2, 0.25) is 0 Å². The minimum Gasteiger partial charge on any atom is -0.481 e. The van der Waals surface area contributed by atoms with Gasteiger partial charge in [-0.3, -0.25) is 9.59 Å². The molecule has 6 heteroatoms. The fourth-order valence-corrected chi connectivity index (χ4v) is 4.26. The molecule has 29 heavy (non-hydrogen) atoms. The summed E-state index contributed by atoms with van der Waals surface area (Å²) in [6, 6.07) is 13.9. The molecule has 6 nitrogen and oxygen atoms in total. The summed E-state index contributed by atoms with van der Waals surface area (Å²) >= 11 is 0. The topological polar surface area (TPSA) is 84.2 Å². The molecule has 0 saturated carbocycles. The quantitative estimate of drug-likeness (QED) is 0.676. The number of carbonyl (C=O) groups excluding carboxylic acids is 1. The van der Waals surface area contributed by atoms with Gasteiger partial charge in [-0.05, 0) is 42.0 Å². The number of carboxylic acid groups (broad SMARTS) is 1. The van der Waals surface area contributed by atoms with Crippen LogP contribution in [0.25, 0.3) is 10.8 Å². The first-order valence-corrected chi connectivity index (χ1v) is 10.0. The van der Waals surface area contributed by atoms with Crippen LogP contribution in [0.15, 0.2) is 48.8 Å². The molecule has 1 aliphatic rings. The Balaban J connectivity index is 1.47. The Kier molecular flexibility index (Phi) is 5.34. The number of rotatable bonds is 6. The number of benzene rings is 2. The lowest BCUT2D eigenvalue weighted by Crippen LogP contribution is -2.37. The average molecular weight is 391 g/mol. The first-order valence-electron chi connectivity index (χ1n) is 10.0. The Labute approximate surface area is 169 Å². The van der Waals surface area contributed by atoms with E-state index in [9.17, 15) is 14.7 Å². The van der Waals surface area contributed by atoms with E-state index in [1.165, 1.54) is 0 Å².